The second-order valence-corrected chi connectivity index (χ2v) is 4.05. The maximum absolute atomic E-state index is 4.13. The van der Waals surface area contributed by atoms with Crippen molar-refractivity contribution in [2.75, 3.05) is 0 Å². The van der Waals surface area contributed by atoms with Crippen LogP contribution >= 0.6 is 0 Å². The Labute approximate surface area is 77.5 Å². The van der Waals surface area contributed by atoms with Crippen molar-refractivity contribution in [3.63, 3.8) is 0 Å². The average Bonchev–Trinajstić information content (AvgIpc) is 2.72. The van der Waals surface area contributed by atoms with Crippen LogP contribution < -0.4 is 0 Å². The van der Waals surface area contributed by atoms with E-state index in [1.165, 1.54) is 31.3 Å². The highest BCUT2D eigenvalue weighted by Gasteiger charge is 2.37. The van der Waals surface area contributed by atoms with Crippen LogP contribution in [0.4, 0.5) is 0 Å². The minimum atomic E-state index is 0.617. The zero-order chi connectivity index (χ0) is 8.84. The van der Waals surface area contributed by atoms with Crippen molar-refractivity contribution in [1.82, 2.24) is 14.8 Å². The topological polar surface area (TPSA) is 30.7 Å². The first-order valence-electron chi connectivity index (χ1n) is 4.96. The van der Waals surface area contributed by atoms with Gasteiger partial charge < -0.3 is 4.57 Å². The number of hydrogen-bond acceptors (Lipinski definition) is 2. The average molecular weight is 175 g/mol. The Kier molecular flexibility index (Phi) is 1.37. The molecule has 2 aliphatic rings. The molecule has 1 saturated carbocycles. The molecule has 1 aliphatic heterocycles. The highest BCUT2D eigenvalue weighted by atomic mass is 15.3. The van der Waals surface area contributed by atoms with Crippen molar-refractivity contribution < 1.29 is 0 Å². The molecule has 0 radical (unpaired) electrons. The van der Waals surface area contributed by atoms with E-state index in [-0.39, 0.29) is 0 Å². The summed E-state index contributed by atoms with van der Waals surface area (Å²) in [6.45, 7) is 4.13. The van der Waals surface area contributed by atoms with Gasteiger partial charge >= 0.3 is 0 Å². The molecule has 3 rings (SSSR count). The summed E-state index contributed by atoms with van der Waals surface area (Å²) in [7, 11) is 0. The molecular formula is C10H13N3. The Hall–Kier alpha value is -1.12. The summed E-state index contributed by atoms with van der Waals surface area (Å²) >= 11 is 0. The zero-order valence-electron chi connectivity index (χ0n) is 7.61. The predicted molar refractivity (Wildman–Crippen MR) is 50.1 cm³/mol. The van der Waals surface area contributed by atoms with E-state index in [4.69, 9.17) is 0 Å². The molecule has 2 heterocycles. The minimum absolute atomic E-state index is 0.617. The van der Waals surface area contributed by atoms with Crippen LogP contribution in [-0.2, 0) is 0 Å². The van der Waals surface area contributed by atoms with Crippen LogP contribution in [0.5, 0.6) is 0 Å². The lowest BCUT2D eigenvalue weighted by atomic mass is 9.83. The Morgan fingerprint density at radius 2 is 2.23 bits per heavy atom. The van der Waals surface area contributed by atoms with Gasteiger partial charge in [-0.2, -0.15) is 0 Å². The van der Waals surface area contributed by atoms with Gasteiger partial charge in [0.2, 0.25) is 0 Å². The first-order valence-corrected chi connectivity index (χ1v) is 4.96. The van der Waals surface area contributed by atoms with E-state index >= 15 is 0 Å². The monoisotopic (exact) mass is 175 g/mol. The van der Waals surface area contributed by atoms with Crippen LogP contribution in [0.25, 0.3) is 5.57 Å². The molecular weight excluding hydrogens is 162 g/mol. The number of fused-ring (bicyclic) bond motifs is 3. The van der Waals surface area contributed by atoms with Gasteiger partial charge in [-0.25, -0.2) is 0 Å². The van der Waals surface area contributed by atoms with Crippen LogP contribution in [0.3, 0.4) is 0 Å². The van der Waals surface area contributed by atoms with Crippen LogP contribution in [0.15, 0.2) is 12.9 Å². The molecule has 1 fully saturated rings. The van der Waals surface area contributed by atoms with E-state index in [9.17, 15) is 0 Å². The third kappa shape index (κ3) is 0.844. The van der Waals surface area contributed by atoms with Crippen LogP contribution in [0.2, 0.25) is 0 Å². The highest BCUT2D eigenvalue weighted by Crippen LogP contribution is 2.46. The van der Waals surface area contributed by atoms with Crippen molar-refractivity contribution in [2.45, 2.75) is 31.7 Å². The Bertz CT molecular complexity index is 353. The molecule has 13 heavy (non-hydrogen) atoms. The molecule has 0 N–H and O–H groups in total. The normalized spacial score (nSPS) is 31.5. The summed E-state index contributed by atoms with van der Waals surface area (Å²) < 4.78 is 2.21. The molecule has 0 spiro atoms. The second kappa shape index (κ2) is 2.44. The molecule has 0 amide bonds. The van der Waals surface area contributed by atoms with Crippen molar-refractivity contribution in [2.24, 2.45) is 5.92 Å². The summed E-state index contributed by atoms with van der Waals surface area (Å²) in [5, 5.41) is 8.05. The van der Waals surface area contributed by atoms with Gasteiger partial charge in [0.15, 0.2) is 5.82 Å². The molecule has 3 nitrogen and oxygen atoms in total. The number of hydrogen-bond donors (Lipinski definition) is 0. The molecule has 0 saturated heterocycles. The number of aromatic nitrogens is 3. The summed E-state index contributed by atoms with van der Waals surface area (Å²) in [6, 6.07) is 0.617. The van der Waals surface area contributed by atoms with E-state index in [2.05, 4.69) is 21.3 Å². The summed E-state index contributed by atoms with van der Waals surface area (Å²) in [4.78, 5) is 0. The first-order chi connectivity index (χ1) is 6.38. The van der Waals surface area contributed by atoms with Crippen LogP contribution in [0.1, 0.15) is 37.5 Å². The lowest BCUT2D eigenvalue weighted by molar-refractivity contribution is 0.314. The maximum Gasteiger partial charge on any atom is 0.159 e. The fourth-order valence-corrected chi connectivity index (χ4v) is 2.73. The molecule has 1 aromatic rings. The summed E-state index contributed by atoms with van der Waals surface area (Å²) in [5.41, 5.74) is 1.21. The third-order valence-corrected chi connectivity index (χ3v) is 3.39. The van der Waals surface area contributed by atoms with E-state index in [1.807, 2.05) is 6.33 Å². The van der Waals surface area contributed by atoms with Crippen molar-refractivity contribution in [1.29, 1.82) is 0 Å². The van der Waals surface area contributed by atoms with Crippen LogP contribution in [0, 0.1) is 5.92 Å². The third-order valence-electron chi connectivity index (χ3n) is 3.39. The maximum atomic E-state index is 4.13. The van der Waals surface area contributed by atoms with Gasteiger partial charge in [0.1, 0.15) is 6.33 Å². The Morgan fingerprint density at radius 1 is 1.38 bits per heavy atom. The van der Waals surface area contributed by atoms with Gasteiger partial charge in [-0.3, -0.25) is 0 Å². The summed E-state index contributed by atoms with van der Waals surface area (Å²) in [6.07, 6.45) is 7.10. The Morgan fingerprint density at radius 3 is 3.15 bits per heavy atom. The molecule has 3 heteroatoms. The fourth-order valence-electron chi connectivity index (χ4n) is 2.73. The molecule has 2 unspecified atom stereocenters. The molecule has 0 aromatic carbocycles. The molecule has 1 aromatic heterocycles. The van der Waals surface area contributed by atoms with E-state index in [0.29, 0.717) is 12.0 Å². The standard InChI is InChI=1S/C10H13N3/c1-7-8-4-2-3-5-9(8)13-6-11-12-10(7)13/h6,8-9H,1-5H2. The van der Waals surface area contributed by atoms with E-state index in [0.717, 1.165) is 5.82 Å². The molecule has 1 aliphatic carbocycles. The predicted octanol–water partition coefficient (Wildman–Crippen LogP) is 2.04. The second-order valence-electron chi connectivity index (χ2n) is 4.05. The SMILES string of the molecule is C=C1c2nncn2C2CCCCC12. The largest absolute Gasteiger partial charge is 0.310 e. The minimum Gasteiger partial charge on any atom is -0.310 e. The first kappa shape index (κ1) is 7.30. The Balaban J connectivity index is 2.08. The van der Waals surface area contributed by atoms with Gasteiger partial charge in [0.25, 0.3) is 0 Å². The van der Waals surface area contributed by atoms with E-state index < -0.39 is 0 Å². The van der Waals surface area contributed by atoms with Crippen molar-refractivity contribution in [3.05, 3.63) is 18.7 Å². The lowest BCUT2D eigenvalue weighted by Crippen LogP contribution is -2.16. The van der Waals surface area contributed by atoms with E-state index in [1.54, 1.807) is 0 Å². The number of rotatable bonds is 0. The molecule has 68 valence electrons. The van der Waals surface area contributed by atoms with Gasteiger partial charge in [0, 0.05) is 12.0 Å². The highest BCUT2D eigenvalue weighted by molar-refractivity contribution is 5.63. The van der Waals surface area contributed by atoms with Crippen molar-refractivity contribution >= 4 is 5.57 Å². The fraction of sp³-hybridized carbons (Fsp3) is 0.600. The smallest absolute Gasteiger partial charge is 0.159 e. The number of allylic oxidation sites excluding steroid dienone is 1. The zero-order valence-corrected chi connectivity index (χ0v) is 7.61. The van der Waals surface area contributed by atoms with Gasteiger partial charge in [-0.1, -0.05) is 19.4 Å². The number of nitrogens with zero attached hydrogens (tertiary/aromatic N) is 3. The van der Waals surface area contributed by atoms with Gasteiger partial charge in [0.05, 0.1) is 0 Å². The van der Waals surface area contributed by atoms with Gasteiger partial charge in [-0.05, 0) is 18.4 Å². The molecule has 2 atom stereocenters. The lowest BCUT2D eigenvalue weighted by Gasteiger charge is -2.25. The quantitative estimate of drug-likeness (QED) is 0.604. The summed E-state index contributed by atoms with van der Waals surface area (Å²) in [5.74, 6) is 1.68. The molecule has 0 bridgehead atoms. The van der Waals surface area contributed by atoms with Crippen LogP contribution in [-0.4, -0.2) is 14.8 Å². The van der Waals surface area contributed by atoms with Crippen molar-refractivity contribution in [3.8, 4) is 0 Å². The van der Waals surface area contributed by atoms with Gasteiger partial charge in [-0.15, -0.1) is 10.2 Å².